The molecule has 0 bridgehead atoms. The molecule has 0 aliphatic heterocycles. The second-order valence-corrected chi connectivity index (χ2v) is 6.06. The maximum absolute atomic E-state index is 4.59. The maximum atomic E-state index is 4.59. The lowest BCUT2D eigenvalue weighted by atomic mass is 10.2. The Kier molecular flexibility index (Phi) is 4.95. The van der Waals surface area contributed by atoms with Crippen LogP contribution in [0.2, 0.25) is 0 Å². The van der Waals surface area contributed by atoms with Crippen molar-refractivity contribution in [2.75, 3.05) is 17.2 Å². The molecule has 20 heavy (non-hydrogen) atoms. The van der Waals surface area contributed by atoms with Crippen molar-refractivity contribution in [3.63, 3.8) is 0 Å². The van der Waals surface area contributed by atoms with Gasteiger partial charge in [0.05, 0.1) is 6.54 Å². The van der Waals surface area contributed by atoms with E-state index < -0.39 is 0 Å². The summed E-state index contributed by atoms with van der Waals surface area (Å²) in [7, 11) is 0. The number of aromatic nitrogens is 2. The van der Waals surface area contributed by atoms with E-state index in [2.05, 4.69) is 59.7 Å². The normalized spacial score (nSPS) is 10.8. The largest absolute Gasteiger partial charge is 0.370 e. The van der Waals surface area contributed by atoms with Gasteiger partial charge in [0, 0.05) is 23.4 Å². The number of hydrogen-bond donors (Lipinski definition) is 2. The summed E-state index contributed by atoms with van der Waals surface area (Å²) in [6.45, 7) is 10.1. The van der Waals surface area contributed by atoms with Gasteiger partial charge < -0.3 is 10.6 Å². The standard InChI is InChI=1S/C15H22N4S/c1-5-16-13-8-14(19-15(18-13)10(2)3)17-9-12-11(4)6-7-20-12/h6-8,10H,5,9H2,1-4H3,(H2,16,17,18,19). The van der Waals surface area contributed by atoms with Gasteiger partial charge in [-0.1, -0.05) is 13.8 Å². The van der Waals surface area contributed by atoms with E-state index in [4.69, 9.17) is 0 Å². The molecule has 108 valence electrons. The molecule has 0 aliphatic rings. The van der Waals surface area contributed by atoms with Crippen molar-refractivity contribution in [1.82, 2.24) is 9.97 Å². The van der Waals surface area contributed by atoms with Gasteiger partial charge in [-0.25, -0.2) is 9.97 Å². The lowest BCUT2D eigenvalue weighted by molar-refractivity contribution is 0.775. The zero-order chi connectivity index (χ0) is 14.5. The Morgan fingerprint density at radius 3 is 2.45 bits per heavy atom. The number of thiophene rings is 1. The molecular weight excluding hydrogens is 268 g/mol. The first-order valence-electron chi connectivity index (χ1n) is 6.99. The molecule has 0 fully saturated rings. The molecular formula is C15H22N4S. The fraction of sp³-hybridized carbons (Fsp3) is 0.467. The summed E-state index contributed by atoms with van der Waals surface area (Å²) < 4.78 is 0. The Bertz CT molecular complexity index is 563. The van der Waals surface area contributed by atoms with Gasteiger partial charge >= 0.3 is 0 Å². The average Bonchev–Trinajstić information content (AvgIpc) is 2.82. The van der Waals surface area contributed by atoms with Gasteiger partial charge in [0.1, 0.15) is 17.5 Å². The van der Waals surface area contributed by atoms with E-state index in [-0.39, 0.29) is 0 Å². The smallest absolute Gasteiger partial charge is 0.135 e. The third kappa shape index (κ3) is 3.70. The van der Waals surface area contributed by atoms with Crippen LogP contribution in [0.4, 0.5) is 11.6 Å². The minimum Gasteiger partial charge on any atom is -0.370 e. The fourth-order valence-corrected chi connectivity index (χ4v) is 2.69. The van der Waals surface area contributed by atoms with Crippen LogP contribution in [0.5, 0.6) is 0 Å². The van der Waals surface area contributed by atoms with Crippen molar-refractivity contribution in [1.29, 1.82) is 0 Å². The maximum Gasteiger partial charge on any atom is 0.135 e. The Morgan fingerprint density at radius 1 is 1.20 bits per heavy atom. The van der Waals surface area contributed by atoms with Crippen LogP contribution in [0.1, 0.15) is 43.0 Å². The summed E-state index contributed by atoms with van der Waals surface area (Å²) >= 11 is 1.77. The SMILES string of the molecule is CCNc1cc(NCc2sccc2C)nc(C(C)C)n1. The van der Waals surface area contributed by atoms with Crippen LogP contribution in [0.15, 0.2) is 17.5 Å². The fourth-order valence-electron chi connectivity index (χ4n) is 1.84. The highest BCUT2D eigenvalue weighted by Crippen LogP contribution is 2.20. The van der Waals surface area contributed by atoms with E-state index >= 15 is 0 Å². The summed E-state index contributed by atoms with van der Waals surface area (Å²) in [6, 6.07) is 4.11. The molecule has 0 aromatic carbocycles. The van der Waals surface area contributed by atoms with Crippen molar-refractivity contribution in [2.24, 2.45) is 0 Å². The van der Waals surface area contributed by atoms with E-state index in [1.807, 2.05) is 6.07 Å². The Hall–Kier alpha value is -1.62. The quantitative estimate of drug-likeness (QED) is 0.844. The second-order valence-electron chi connectivity index (χ2n) is 5.06. The molecule has 0 atom stereocenters. The van der Waals surface area contributed by atoms with Gasteiger partial charge in [-0.2, -0.15) is 0 Å². The first-order chi connectivity index (χ1) is 9.60. The first-order valence-corrected chi connectivity index (χ1v) is 7.87. The van der Waals surface area contributed by atoms with Crippen LogP contribution >= 0.6 is 11.3 Å². The summed E-state index contributed by atoms with van der Waals surface area (Å²) in [6.07, 6.45) is 0. The third-order valence-corrected chi connectivity index (χ3v) is 4.04. The molecule has 2 N–H and O–H groups in total. The monoisotopic (exact) mass is 290 g/mol. The van der Waals surface area contributed by atoms with Crippen LogP contribution < -0.4 is 10.6 Å². The van der Waals surface area contributed by atoms with Crippen LogP contribution in [0.25, 0.3) is 0 Å². The molecule has 0 radical (unpaired) electrons. The van der Waals surface area contributed by atoms with Crippen LogP contribution in [-0.2, 0) is 6.54 Å². The van der Waals surface area contributed by atoms with Gasteiger partial charge in [0.15, 0.2) is 0 Å². The Balaban J connectivity index is 2.15. The van der Waals surface area contributed by atoms with Gasteiger partial charge in [-0.3, -0.25) is 0 Å². The van der Waals surface area contributed by atoms with Crippen molar-refractivity contribution < 1.29 is 0 Å². The molecule has 0 amide bonds. The number of anilines is 2. The highest BCUT2D eigenvalue weighted by Gasteiger charge is 2.08. The molecule has 2 heterocycles. The number of nitrogens with one attached hydrogen (secondary N) is 2. The topological polar surface area (TPSA) is 49.8 Å². The highest BCUT2D eigenvalue weighted by atomic mass is 32.1. The lowest BCUT2D eigenvalue weighted by Gasteiger charge is -2.12. The van der Waals surface area contributed by atoms with Gasteiger partial charge in [-0.05, 0) is 30.9 Å². The lowest BCUT2D eigenvalue weighted by Crippen LogP contribution is -2.09. The number of rotatable bonds is 6. The minimum atomic E-state index is 0.317. The van der Waals surface area contributed by atoms with E-state index in [1.165, 1.54) is 10.4 Å². The zero-order valence-electron chi connectivity index (χ0n) is 12.5. The molecule has 2 aromatic heterocycles. The number of hydrogen-bond acceptors (Lipinski definition) is 5. The van der Waals surface area contributed by atoms with Crippen LogP contribution in [0, 0.1) is 6.92 Å². The van der Waals surface area contributed by atoms with Crippen LogP contribution in [-0.4, -0.2) is 16.5 Å². The van der Waals surface area contributed by atoms with E-state index in [9.17, 15) is 0 Å². The second kappa shape index (κ2) is 6.70. The molecule has 0 saturated carbocycles. The number of nitrogens with zero attached hydrogens (tertiary/aromatic N) is 2. The molecule has 4 nitrogen and oxygen atoms in total. The molecule has 5 heteroatoms. The van der Waals surface area contributed by atoms with Gasteiger partial charge in [0.2, 0.25) is 0 Å². The molecule has 0 unspecified atom stereocenters. The van der Waals surface area contributed by atoms with E-state index in [0.717, 1.165) is 30.5 Å². The molecule has 2 rings (SSSR count). The first kappa shape index (κ1) is 14.8. The van der Waals surface area contributed by atoms with Crippen molar-refractivity contribution in [3.05, 3.63) is 33.8 Å². The average molecular weight is 290 g/mol. The van der Waals surface area contributed by atoms with Gasteiger partial charge in [0.25, 0.3) is 0 Å². The predicted octanol–water partition coefficient (Wildman–Crippen LogP) is 4.01. The highest BCUT2D eigenvalue weighted by molar-refractivity contribution is 7.10. The molecule has 0 spiro atoms. The van der Waals surface area contributed by atoms with Gasteiger partial charge in [-0.15, -0.1) is 11.3 Å². The summed E-state index contributed by atoms with van der Waals surface area (Å²) in [4.78, 5) is 10.5. The summed E-state index contributed by atoms with van der Waals surface area (Å²) in [5.74, 6) is 2.95. The zero-order valence-corrected chi connectivity index (χ0v) is 13.3. The predicted molar refractivity (Wildman–Crippen MR) is 86.7 cm³/mol. The van der Waals surface area contributed by atoms with E-state index in [0.29, 0.717) is 5.92 Å². The van der Waals surface area contributed by atoms with Crippen molar-refractivity contribution in [3.8, 4) is 0 Å². The Morgan fingerprint density at radius 2 is 1.90 bits per heavy atom. The molecule has 2 aromatic rings. The molecule has 0 aliphatic carbocycles. The number of aryl methyl sites for hydroxylation is 1. The van der Waals surface area contributed by atoms with Crippen LogP contribution in [0.3, 0.4) is 0 Å². The van der Waals surface area contributed by atoms with Crippen molar-refractivity contribution in [2.45, 2.75) is 40.2 Å². The summed E-state index contributed by atoms with van der Waals surface area (Å²) in [5, 5.41) is 8.78. The Labute approximate surface area is 124 Å². The molecule has 0 saturated heterocycles. The van der Waals surface area contributed by atoms with Crippen molar-refractivity contribution >= 4 is 23.0 Å². The van der Waals surface area contributed by atoms with E-state index in [1.54, 1.807) is 11.3 Å². The third-order valence-electron chi connectivity index (χ3n) is 3.02. The summed E-state index contributed by atoms with van der Waals surface area (Å²) in [5.41, 5.74) is 1.33. The minimum absolute atomic E-state index is 0.317.